The Hall–Kier alpha value is -1.85. The van der Waals surface area contributed by atoms with Gasteiger partial charge in [0.2, 0.25) is 0 Å². The van der Waals surface area contributed by atoms with Gasteiger partial charge in [-0.2, -0.15) is 0 Å². The van der Waals surface area contributed by atoms with Crippen LogP contribution in [0.15, 0.2) is 53.0 Å². The Kier molecular flexibility index (Phi) is 5.53. The highest BCUT2D eigenvalue weighted by atomic mass is 79.9. The number of nitrogens with one attached hydrogen (secondary N) is 1. The maximum absolute atomic E-state index is 10.8. The number of aromatic carboxylic acids is 1. The summed E-state index contributed by atoms with van der Waals surface area (Å²) in [5.41, 5.74) is 2.73. The normalized spacial score (nSPS) is 17.2. The predicted octanol–water partition coefficient (Wildman–Crippen LogP) is 3.76. The summed E-state index contributed by atoms with van der Waals surface area (Å²) in [5, 5.41) is 12.4. The second-order valence-corrected chi connectivity index (χ2v) is 7.13. The van der Waals surface area contributed by atoms with Gasteiger partial charge in [0.1, 0.15) is 0 Å². The first-order valence-electron chi connectivity index (χ1n) is 8.15. The third-order valence-corrected chi connectivity index (χ3v) is 4.97. The van der Waals surface area contributed by atoms with Gasteiger partial charge in [-0.05, 0) is 54.3 Å². The van der Waals surface area contributed by atoms with Gasteiger partial charge < -0.3 is 15.3 Å². The number of carboxylic acids is 1. The molecule has 24 heavy (non-hydrogen) atoms. The zero-order valence-electron chi connectivity index (χ0n) is 13.4. The standard InChI is InChI=1S/C19H21BrN2O2/c20-17-5-7-18(8-6-17)22-10-9-15(13-22)12-21-11-14-1-3-16(4-2-14)19(23)24/h1-8,15,21H,9-13H2,(H,23,24). The van der Waals surface area contributed by atoms with Crippen molar-refractivity contribution in [3.63, 3.8) is 0 Å². The van der Waals surface area contributed by atoms with Crippen LogP contribution in [-0.4, -0.2) is 30.7 Å². The van der Waals surface area contributed by atoms with Crippen LogP contribution in [0.1, 0.15) is 22.3 Å². The van der Waals surface area contributed by atoms with Gasteiger partial charge in [-0.15, -0.1) is 0 Å². The second-order valence-electron chi connectivity index (χ2n) is 6.21. The SMILES string of the molecule is O=C(O)c1ccc(CNCC2CCN(c3ccc(Br)cc3)C2)cc1. The average molecular weight is 389 g/mol. The van der Waals surface area contributed by atoms with E-state index in [9.17, 15) is 4.79 Å². The van der Waals surface area contributed by atoms with Gasteiger partial charge >= 0.3 is 5.97 Å². The molecule has 3 rings (SSSR count). The number of carbonyl (C=O) groups is 1. The highest BCUT2D eigenvalue weighted by molar-refractivity contribution is 9.10. The lowest BCUT2D eigenvalue weighted by Gasteiger charge is -2.19. The minimum atomic E-state index is -0.881. The minimum absolute atomic E-state index is 0.333. The second kappa shape index (κ2) is 7.81. The average Bonchev–Trinajstić information content (AvgIpc) is 3.05. The van der Waals surface area contributed by atoms with Crippen LogP contribution in [0.4, 0.5) is 5.69 Å². The van der Waals surface area contributed by atoms with Crippen LogP contribution in [0, 0.1) is 5.92 Å². The first-order valence-corrected chi connectivity index (χ1v) is 8.94. The summed E-state index contributed by atoms with van der Waals surface area (Å²) >= 11 is 3.47. The Morgan fingerprint density at radius 1 is 1.17 bits per heavy atom. The molecule has 2 N–H and O–H groups in total. The molecule has 0 bridgehead atoms. The molecule has 2 aromatic rings. The molecule has 126 valence electrons. The fraction of sp³-hybridized carbons (Fsp3) is 0.316. The maximum atomic E-state index is 10.8. The van der Waals surface area contributed by atoms with Crippen molar-refractivity contribution in [2.24, 2.45) is 5.92 Å². The summed E-state index contributed by atoms with van der Waals surface area (Å²) in [6.45, 7) is 3.93. The van der Waals surface area contributed by atoms with E-state index in [1.54, 1.807) is 12.1 Å². The van der Waals surface area contributed by atoms with Crippen molar-refractivity contribution in [2.75, 3.05) is 24.5 Å². The number of carboxylic acid groups (broad SMARTS) is 1. The molecular weight excluding hydrogens is 368 g/mol. The third-order valence-electron chi connectivity index (χ3n) is 4.44. The summed E-state index contributed by atoms with van der Waals surface area (Å²) in [4.78, 5) is 13.3. The van der Waals surface area contributed by atoms with Crippen LogP contribution in [0.3, 0.4) is 0 Å². The smallest absolute Gasteiger partial charge is 0.335 e. The van der Waals surface area contributed by atoms with Crippen LogP contribution in [-0.2, 0) is 6.54 Å². The molecule has 0 aromatic heterocycles. The van der Waals surface area contributed by atoms with Crippen LogP contribution in [0.25, 0.3) is 0 Å². The van der Waals surface area contributed by atoms with Gasteiger partial charge in [0, 0.05) is 36.3 Å². The van der Waals surface area contributed by atoms with E-state index < -0.39 is 5.97 Å². The number of nitrogens with zero attached hydrogens (tertiary/aromatic N) is 1. The van der Waals surface area contributed by atoms with Crippen LogP contribution >= 0.6 is 15.9 Å². The van der Waals surface area contributed by atoms with E-state index in [0.29, 0.717) is 11.5 Å². The van der Waals surface area contributed by atoms with Crippen LogP contribution in [0.2, 0.25) is 0 Å². The summed E-state index contributed by atoms with van der Waals surface area (Å²) in [6, 6.07) is 15.5. The largest absolute Gasteiger partial charge is 0.478 e. The lowest BCUT2D eigenvalue weighted by molar-refractivity contribution is 0.0697. The highest BCUT2D eigenvalue weighted by Crippen LogP contribution is 2.25. The summed E-state index contributed by atoms with van der Waals surface area (Å²) in [6.07, 6.45) is 1.20. The van der Waals surface area contributed by atoms with Crippen molar-refractivity contribution >= 4 is 27.6 Å². The molecule has 0 saturated carbocycles. The van der Waals surface area contributed by atoms with Gasteiger partial charge in [-0.1, -0.05) is 28.1 Å². The van der Waals surface area contributed by atoms with Crippen molar-refractivity contribution in [3.8, 4) is 0 Å². The number of benzene rings is 2. The molecule has 1 aliphatic heterocycles. The fourth-order valence-corrected chi connectivity index (χ4v) is 3.34. The van der Waals surface area contributed by atoms with Gasteiger partial charge in [-0.25, -0.2) is 4.79 Å². The van der Waals surface area contributed by atoms with E-state index >= 15 is 0 Å². The molecule has 0 spiro atoms. The Balaban J connectivity index is 1.44. The van der Waals surface area contributed by atoms with E-state index in [1.165, 1.54) is 12.1 Å². The van der Waals surface area contributed by atoms with Crippen molar-refractivity contribution in [3.05, 3.63) is 64.1 Å². The molecule has 1 unspecified atom stereocenters. The molecule has 0 aliphatic carbocycles. The molecule has 2 aromatic carbocycles. The molecule has 1 aliphatic rings. The van der Waals surface area contributed by atoms with E-state index in [2.05, 4.69) is 50.4 Å². The Bertz CT molecular complexity index is 686. The van der Waals surface area contributed by atoms with E-state index in [4.69, 9.17) is 5.11 Å². The molecule has 1 atom stereocenters. The van der Waals surface area contributed by atoms with E-state index in [1.807, 2.05) is 12.1 Å². The lowest BCUT2D eigenvalue weighted by atomic mass is 10.1. The third kappa shape index (κ3) is 4.36. The Labute approximate surface area is 150 Å². The lowest BCUT2D eigenvalue weighted by Crippen LogP contribution is -2.26. The summed E-state index contributed by atoms with van der Waals surface area (Å²) in [7, 11) is 0. The fourth-order valence-electron chi connectivity index (χ4n) is 3.07. The molecule has 0 amide bonds. The molecular formula is C19H21BrN2O2. The summed E-state index contributed by atoms with van der Waals surface area (Å²) in [5.74, 6) is -0.236. The maximum Gasteiger partial charge on any atom is 0.335 e. The zero-order chi connectivity index (χ0) is 16.9. The number of rotatable bonds is 6. The zero-order valence-corrected chi connectivity index (χ0v) is 15.0. The number of hydrogen-bond acceptors (Lipinski definition) is 3. The molecule has 1 saturated heterocycles. The highest BCUT2D eigenvalue weighted by Gasteiger charge is 2.22. The molecule has 1 fully saturated rings. The van der Waals surface area contributed by atoms with Gasteiger partial charge in [0.15, 0.2) is 0 Å². The van der Waals surface area contributed by atoms with Crippen LogP contribution < -0.4 is 10.2 Å². The minimum Gasteiger partial charge on any atom is -0.478 e. The predicted molar refractivity (Wildman–Crippen MR) is 99.6 cm³/mol. The van der Waals surface area contributed by atoms with Crippen molar-refractivity contribution < 1.29 is 9.90 Å². The topological polar surface area (TPSA) is 52.6 Å². The van der Waals surface area contributed by atoms with E-state index in [-0.39, 0.29) is 0 Å². The molecule has 1 heterocycles. The van der Waals surface area contributed by atoms with Gasteiger partial charge in [0.05, 0.1) is 5.56 Å². The summed E-state index contributed by atoms with van der Waals surface area (Å²) < 4.78 is 1.11. The van der Waals surface area contributed by atoms with Crippen molar-refractivity contribution in [2.45, 2.75) is 13.0 Å². The van der Waals surface area contributed by atoms with Crippen molar-refractivity contribution in [1.82, 2.24) is 5.32 Å². The first kappa shape index (κ1) is 17.0. The van der Waals surface area contributed by atoms with Gasteiger partial charge in [0.25, 0.3) is 0 Å². The van der Waals surface area contributed by atoms with Crippen LogP contribution in [0.5, 0.6) is 0 Å². The number of anilines is 1. The Morgan fingerprint density at radius 2 is 1.88 bits per heavy atom. The first-order chi connectivity index (χ1) is 11.6. The number of hydrogen-bond donors (Lipinski definition) is 2. The molecule has 5 heteroatoms. The van der Waals surface area contributed by atoms with E-state index in [0.717, 1.165) is 36.2 Å². The number of halogens is 1. The molecule has 4 nitrogen and oxygen atoms in total. The van der Waals surface area contributed by atoms with Crippen molar-refractivity contribution in [1.29, 1.82) is 0 Å². The molecule has 0 radical (unpaired) electrons. The van der Waals surface area contributed by atoms with Gasteiger partial charge in [-0.3, -0.25) is 0 Å². The monoisotopic (exact) mass is 388 g/mol. The Morgan fingerprint density at radius 3 is 2.54 bits per heavy atom. The quantitative estimate of drug-likeness (QED) is 0.790.